The van der Waals surface area contributed by atoms with Crippen LogP contribution in [0, 0.1) is 0 Å². The smallest absolute Gasteiger partial charge is 0.153 e. The second-order valence-electron chi connectivity index (χ2n) is 2.78. The Morgan fingerprint density at radius 3 is 2.69 bits per heavy atom. The first-order chi connectivity index (χ1) is 6.31. The lowest BCUT2D eigenvalue weighted by Crippen LogP contribution is -1.96. The zero-order valence-corrected chi connectivity index (χ0v) is 8.04. The van der Waals surface area contributed by atoms with Crippen molar-refractivity contribution in [2.75, 3.05) is 6.61 Å². The average molecular weight is 178 g/mol. The molecule has 0 fully saturated rings. The van der Waals surface area contributed by atoms with Crippen LogP contribution < -0.4 is 4.74 Å². The Kier molecular flexibility index (Phi) is 3.50. The Morgan fingerprint density at radius 2 is 2.15 bits per heavy atom. The fraction of sp³-hybridized carbons (Fsp3) is 0.364. The summed E-state index contributed by atoms with van der Waals surface area (Å²) in [5, 5.41) is 0. The third-order valence-electron chi connectivity index (χ3n) is 1.91. The summed E-state index contributed by atoms with van der Waals surface area (Å²) >= 11 is 0. The molecule has 0 unspecified atom stereocenters. The number of rotatable bonds is 4. The van der Waals surface area contributed by atoms with Crippen molar-refractivity contribution in [2.45, 2.75) is 20.3 Å². The van der Waals surface area contributed by atoms with Gasteiger partial charge in [-0.3, -0.25) is 4.79 Å². The van der Waals surface area contributed by atoms with E-state index < -0.39 is 0 Å². The van der Waals surface area contributed by atoms with Crippen LogP contribution in [-0.4, -0.2) is 12.9 Å². The van der Waals surface area contributed by atoms with Gasteiger partial charge in [-0.05, 0) is 31.0 Å². The molecule has 2 heteroatoms. The lowest BCUT2D eigenvalue weighted by Gasteiger charge is -2.07. The van der Waals surface area contributed by atoms with Crippen LogP contribution in [0.15, 0.2) is 18.2 Å². The molecule has 0 bridgehead atoms. The van der Waals surface area contributed by atoms with E-state index in [-0.39, 0.29) is 0 Å². The van der Waals surface area contributed by atoms with Gasteiger partial charge in [-0.2, -0.15) is 0 Å². The maximum Gasteiger partial charge on any atom is 0.153 e. The van der Waals surface area contributed by atoms with Gasteiger partial charge in [-0.15, -0.1) is 0 Å². The van der Waals surface area contributed by atoms with Crippen LogP contribution in [0.5, 0.6) is 5.75 Å². The number of hydrogen-bond acceptors (Lipinski definition) is 2. The van der Waals surface area contributed by atoms with Gasteiger partial charge in [0.15, 0.2) is 6.29 Å². The van der Waals surface area contributed by atoms with Gasteiger partial charge >= 0.3 is 0 Å². The first-order valence-corrected chi connectivity index (χ1v) is 4.52. The highest BCUT2D eigenvalue weighted by molar-refractivity contribution is 5.79. The number of carbonyl (C=O) groups excluding carboxylic acids is 1. The molecule has 2 nitrogen and oxygen atoms in total. The van der Waals surface area contributed by atoms with E-state index in [4.69, 9.17) is 4.74 Å². The summed E-state index contributed by atoms with van der Waals surface area (Å²) in [6, 6.07) is 5.68. The molecule has 13 heavy (non-hydrogen) atoms. The maximum atomic E-state index is 10.6. The number of aldehydes is 1. The van der Waals surface area contributed by atoms with E-state index in [1.807, 2.05) is 19.1 Å². The van der Waals surface area contributed by atoms with Gasteiger partial charge in [0, 0.05) is 0 Å². The SMILES string of the molecule is CCOc1cc(CC)ccc1C=O. The van der Waals surface area contributed by atoms with E-state index >= 15 is 0 Å². The van der Waals surface area contributed by atoms with Crippen LogP contribution in [0.1, 0.15) is 29.8 Å². The van der Waals surface area contributed by atoms with Gasteiger partial charge in [-0.1, -0.05) is 13.0 Å². The van der Waals surface area contributed by atoms with E-state index in [2.05, 4.69) is 6.92 Å². The Hall–Kier alpha value is -1.31. The number of aryl methyl sites for hydroxylation is 1. The van der Waals surface area contributed by atoms with Crippen molar-refractivity contribution < 1.29 is 9.53 Å². The fourth-order valence-corrected chi connectivity index (χ4v) is 1.18. The van der Waals surface area contributed by atoms with Crippen molar-refractivity contribution >= 4 is 6.29 Å². The van der Waals surface area contributed by atoms with Crippen LogP contribution in [0.2, 0.25) is 0 Å². The number of ether oxygens (including phenoxy) is 1. The standard InChI is InChI=1S/C11H14O2/c1-3-9-5-6-10(8-12)11(7-9)13-4-2/h5-8H,3-4H2,1-2H3. The van der Waals surface area contributed by atoms with Crippen molar-refractivity contribution in [3.8, 4) is 5.75 Å². The summed E-state index contributed by atoms with van der Waals surface area (Å²) in [6.07, 6.45) is 1.78. The summed E-state index contributed by atoms with van der Waals surface area (Å²) in [7, 11) is 0. The van der Waals surface area contributed by atoms with Gasteiger partial charge in [0.25, 0.3) is 0 Å². The van der Waals surface area contributed by atoms with Crippen molar-refractivity contribution in [2.24, 2.45) is 0 Å². The largest absolute Gasteiger partial charge is 0.493 e. The molecule has 0 N–H and O–H groups in total. The molecule has 0 aliphatic carbocycles. The highest BCUT2D eigenvalue weighted by atomic mass is 16.5. The van der Waals surface area contributed by atoms with Gasteiger partial charge in [0.1, 0.15) is 5.75 Å². The number of hydrogen-bond donors (Lipinski definition) is 0. The third-order valence-corrected chi connectivity index (χ3v) is 1.91. The van der Waals surface area contributed by atoms with E-state index in [1.54, 1.807) is 6.07 Å². The second kappa shape index (κ2) is 4.65. The highest BCUT2D eigenvalue weighted by Crippen LogP contribution is 2.19. The van der Waals surface area contributed by atoms with E-state index in [1.165, 1.54) is 5.56 Å². The predicted molar refractivity (Wildman–Crippen MR) is 52.4 cm³/mol. The Labute approximate surface area is 78.5 Å². The summed E-state index contributed by atoms with van der Waals surface area (Å²) in [4.78, 5) is 10.6. The van der Waals surface area contributed by atoms with E-state index in [0.29, 0.717) is 17.9 Å². The van der Waals surface area contributed by atoms with Crippen LogP contribution in [0.3, 0.4) is 0 Å². The Morgan fingerprint density at radius 1 is 1.38 bits per heavy atom. The summed E-state index contributed by atoms with van der Waals surface area (Å²) < 4.78 is 5.34. The van der Waals surface area contributed by atoms with E-state index in [9.17, 15) is 4.79 Å². The maximum absolute atomic E-state index is 10.6. The zero-order valence-electron chi connectivity index (χ0n) is 8.04. The molecule has 0 amide bonds. The number of carbonyl (C=O) groups is 1. The molecular formula is C11H14O2. The zero-order chi connectivity index (χ0) is 9.68. The molecule has 0 saturated carbocycles. The minimum absolute atomic E-state index is 0.591. The fourth-order valence-electron chi connectivity index (χ4n) is 1.18. The molecule has 0 aliphatic heterocycles. The van der Waals surface area contributed by atoms with Crippen LogP contribution >= 0.6 is 0 Å². The second-order valence-corrected chi connectivity index (χ2v) is 2.78. The quantitative estimate of drug-likeness (QED) is 0.662. The van der Waals surface area contributed by atoms with Gasteiger partial charge in [0.2, 0.25) is 0 Å². The minimum atomic E-state index is 0.591. The van der Waals surface area contributed by atoms with Crippen molar-refractivity contribution in [1.82, 2.24) is 0 Å². The van der Waals surface area contributed by atoms with Crippen molar-refractivity contribution in [3.63, 3.8) is 0 Å². The molecule has 0 atom stereocenters. The van der Waals surface area contributed by atoms with Crippen LogP contribution in [0.25, 0.3) is 0 Å². The van der Waals surface area contributed by atoms with Crippen molar-refractivity contribution in [1.29, 1.82) is 0 Å². The first kappa shape index (κ1) is 9.78. The summed E-state index contributed by atoms with van der Waals surface area (Å²) in [6.45, 7) is 4.58. The van der Waals surface area contributed by atoms with E-state index in [0.717, 1.165) is 12.7 Å². The normalized spacial score (nSPS) is 9.69. The minimum Gasteiger partial charge on any atom is -0.493 e. The lowest BCUT2D eigenvalue weighted by atomic mass is 10.1. The molecule has 1 rings (SSSR count). The molecule has 1 aromatic rings. The predicted octanol–water partition coefficient (Wildman–Crippen LogP) is 2.46. The molecule has 70 valence electrons. The first-order valence-electron chi connectivity index (χ1n) is 4.52. The summed E-state index contributed by atoms with van der Waals surface area (Å²) in [5.74, 6) is 0.692. The van der Waals surface area contributed by atoms with Crippen LogP contribution in [-0.2, 0) is 6.42 Å². The van der Waals surface area contributed by atoms with Gasteiger partial charge in [-0.25, -0.2) is 0 Å². The van der Waals surface area contributed by atoms with Gasteiger partial charge in [0.05, 0.1) is 12.2 Å². The third kappa shape index (κ3) is 2.31. The lowest BCUT2D eigenvalue weighted by molar-refractivity contribution is 0.112. The monoisotopic (exact) mass is 178 g/mol. The van der Waals surface area contributed by atoms with Gasteiger partial charge < -0.3 is 4.74 Å². The van der Waals surface area contributed by atoms with Crippen molar-refractivity contribution in [3.05, 3.63) is 29.3 Å². The highest BCUT2D eigenvalue weighted by Gasteiger charge is 2.02. The van der Waals surface area contributed by atoms with Crippen LogP contribution in [0.4, 0.5) is 0 Å². The molecule has 0 radical (unpaired) electrons. The molecular weight excluding hydrogens is 164 g/mol. The molecule has 0 spiro atoms. The molecule has 0 aromatic heterocycles. The topological polar surface area (TPSA) is 26.3 Å². The Bertz CT molecular complexity index is 292. The summed E-state index contributed by atoms with van der Waals surface area (Å²) in [5.41, 5.74) is 1.81. The molecule has 0 heterocycles. The Balaban J connectivity index is 3.02. The molecule has 0 aliphatic rings. The molecule has 1 aromatic carbocycles. The molecule has 0 saturated heterocycles. The number of benzene rings is 1. The average Bonchev–Trinajstić information content (AvgIpc) is 2.18.